The molecule has 0 saturated heterocycles. The molecule has 0 bridgehead atoms. The van der Waals surface area contributed by atoms with Crippen LogP contribution in [0.3, 0.4) is 0 Å². The lowest BCUT2D eigenvalue weighted by atomic mass is 9.52. The number of aromatic hydroxyl groups is 1. The quantitative estimate of drug-likeness (QED) is 0.256. The predicted octanol–water partition coefficient (Wildman–Crippen LogP) is 9.76. The van der Waals surface area contributed by atoms with Crippen LogP contribution in [0.2, 0.25) is 0 Å². The predicted molar refractivity (Wildman–Crippen MR) is 168 cm³/mol. The number of ether oxygens (including phenoxy) is 2. The van der Waals surface area contributed by atoms with E-state index >= 15 is 0 Å². The fraction of sp³-hybridized carbons (Fsp3) is 0.389. The molecule has 208 valence electrons. The summed E-state index contributed by atoms with van der Waals surface area (Å²) >= 11 is 1.81. The van der Waals surface area contributed by atoms with Crippen molar-refractivity contribution in [1.29, 1.82) is 0 Å². The van der Waals surface area contributed by atoms with Gasteiger partial charge in [-0.1, -0.05) is 39.8 Å². The summed E-state index contributed by atoms with van der Waals surface area (Å²) in [6.45, 7) is 11.8. The molecule has 1 fully saturated rings. The topological polar surface area (TPSA) is 38.7 Å². The number of hydrogen-bond donors (Lipinski definition) is 1. The van der Waals surface area contributed by atoms with E-state index in [4.69, 9.17) is 9.47 Å². The minimum absolute atomic E-state index is 0.126. The van der Waals surface area contributed by atoms with Crippen molar-refractivity contribution < 1.29 is 14.6 Å². The number of phenols is 1. The van der Waals surface area contributed by atoms with Gasteiger partial charge in [0.05, 0.1) is 14.2 Å². The second-order valence-electron chi connectivity index (χ2n) is 13.4. The van der Waals surface area contributed by atoms with Crippen LogP contribution in [-0.2, 0) is 5.41 Å². The third-order valence-electron chi connectivity index (χ3n) is 9.20. The lowest BCUT2D eigenvalue weighted by Crippen LogP contribution is -2.43. The Hall–Kier alpha value is -3.11. The fourth-order valence-electron chi connectivity index (χ4n) is 8.44. The fourth-order valence-corrected chi connectivity index (χ4v) is 8.88. The van der Waals surface area contributed by atoms with Gasteiger partial charge in [-0.2, -0.15) is 0 Å². The molecule has 1 spiro atoms. The highest BCUT2D eigenvalue weighted by atomic mass is 32.2. The van der Waals surface area contributed by atoms with Crippen LogP contribution >= 0.6 is 11.8 Å². The Bertz CT molecular complexity index is 1650. The number of fused-ring (bicyclic) bond motifs is 7. The zero-order valence-corrected chi connectivity index (χ0v) is 25.8. The van der Waals surface area contributed by atoms with Gasteiger partial charge in [-0.3, -0.25) is 0 Å². The van der Waals surface area contributed by atoms with E-state index in [0.717, 1.165) is 51.8 Å². The van der Waals surface area contributed by atoms with Crippen molar-refractivity contribution in [1.82, 2.24) is 0 Å². The van der Waals surface area contributed by atoms with E-state index in [1.807, 2.05) is 18.2 Å². The van der Waals surface area contributed by atoms with Crippen molar-refractivity contribution in [3.8, 4) is 39.5 Å². The summed E-state index contributed by atoms with van der Waals surface area (Å²) in [5.74, 6) is 1.86. The highest BCUT2D eigenvalue weighted by Crippen LogP contribution is 2.65. The molecule has 2 aliphatic carbocycles. The van der Waals surface area contributed by atoms with Gasteiger partial charge < -0.3 is 14.6 Å². The molecule has 3 nitrogen and oxygen atoms in total. The zero-order chi connectivity index (χ0) is 28.6. The van der Waals surface area contributed by atoms with Crippen molar-refractivity contribution in [3.05, 3.63) is 71.3 Å². The summed E-state index contributed by atoms with van der Waals surface area (Å²) in [4.78, 5) is 1.30. The van der Waals surface area contributed by atoms with Crippen molar-refractivity contribution in [3.63, 3.8) is 0 Å². The summed E-state index contributed by atoms with van der Waals surface area (Å²) in [5, 5.41) is 13.7. The van der Waals surface area contributed by atoms with Crippen LogP contribution in [0, 0.1) is 17.8 Å². The average Bonchev–Trinajstić information content (AvgIpc) is 3.13. The summed E-state index contributed by atoms with van der Waals surface area (Å²) < 4.78 is 11.2. The molecule has 1 N–H and O–H groups in total. The monoisotopic (exact) mass is 552 g/mol. The third-order valence-corrected chi connectivity index (χ3v) is 9.93. The number of phenolic OH excluding ortho intramolecular Hbond substituents is 1. The number of rotatable bonds is 4. The molecule has 0 heterocycles. The Morgan fingerprint density at radius 2 is 1.43 bits per heavy atom. The lowest BCUT2D eigenvalue weighted by molar-refractivity contribution is 0.0644. The molecule has 0 amide bonds. The maximum Gasteiger partial charge on any atom is 0.130 e. The summed E-state index contributed by atoms with van der Waals surface area (Å²) in [5.41, 5.74) is 8.77. The Morgan fingerprint density at radius 1 is 0.725 bits per heavy atom. The Balaban J connectivity index is 1.65. The Kier molecular flexibility index (Phi) is 6.23. The summed E-state index contributed by atoms with van der Waals surface area (Å²) in [7, 11) is 3.35. The van der Waals surface area contributed by atoms with E-state index in [-0.39, 0.29) is 16.2 Å². The van der Waals surface area contributed by atoms with Crippen LogP contribution in [0.15, 0.2) is 59.5 Å². The van der Waals surface area contributed by atoms with Crippen LogP contribution < -0.4 is 9.47 Å². The average molecular weight is 553 g/mol. The SMILES string of the molecule is COc1ccc(-c2cc3c(O)cc4c(c3cc2C)-c2ccc(SC)cc2C42CC(C)(C)CC(C)(C)C2)c(OC)c1. The van der Waals surface area contributed by atoms with Gasteiger partial charge in [-0.15, -0.1) is 11.8 Å². The van der Waals surface area contributed by atoms with Crippen molar-refractivity contribution >= 4 is 22.5 Å². The van der Waals surface area contributed by atoms with Gasteiger partial charge in [-0.05, 0) is 118 Å². The van der Waals surface area contributed by atoms with Gasteiger partial charge >= 0.3 is 0 Å². The highest BCUT2D eigenvalue weighted by molar-refractivity contribution is 7.98. The summed E-state index contributed by atoms with van der Waals surface area (Å²) in [6.07, 6.45) is 5.50. The van der Waals surface area contributed by atoms with Crippen LogP contribution in [0.5, 0.6) is 17.2 Å². The van der Waals surface area contributed by atoms with Crippen LogP contribution in [0.1, 0.15) is 63.6 Å². The first-order valence-electron chi connectivity index (χ1n) is 14.1. The molecule has 0 unspecified atom stereocenters. The summed E-state index contributed by atoms with van der Waals surface area (Å²) in [6, 6.07) is 19.4. The molecule has 2 aliphatic rings. The Morgan fingerprint density at radius 3 is 2.08 bits per heavy atom. The first-order valence-corrected chi connectivity index (χ1v) is 15.4. The number of thioether (sulfide) groups is 1. The van der Waals surface area contributed by atoms with Crippen molar-refractivity contribution in [2.45, 2.75) is 64.2 Å². The molecule has 0 radical (unpaired) electrons. The molecule has 6 rings (SSSR count). The number of aryl methyl sites for hydroxylation is 1. The largest absolute Gasteiger partial charge is 0.507 e. The minimum atomic E-state index is -0.126. The van der Waals surface area contributed by atoms with Gasteiger partial charge in [0.1, 0.15) is 17.2 Å². The zero-order valence-electron chi connectivity index (χ0n) is 25.0. The molecule has 4 heteroatoms. The first kappa shape index (κ1) is 27.1. The minimum Gasteiger partial charge on any atom is -0.507 e. The van der Waals surface area contributed by atoms with Gasteiger partial charge in [0.15, 0.2) is 0 Å². The van der Waals surface area contributed by atoms with E-state index in [0.29, 0.717) is 5.75 Å². The maximum absolute atomic E-state index is 11.7. The number of methoxy groups -OCH3 is 2. The molecule has 4 aromatic carbocycles. The molecular weight excluding hydrogens is 512 g/mol. The Labute approximate surface area is 242 Å². The molecule has 1 saturated carbocycles. The number of hydrogen-bond acceptors (Lipinski definition) is 4. The maximum atomic E-state index is 11.7. The molecule has 0 atom stereocenters. The number of benzene rings is 4. The van der Waals surface area contributed by atoms with Gasteiger partial charge in [0, 0.05) is 27.3 Å². The normalized spacial score (nSPS) is 18.0. The van der Waals surface area contributed by atoms with Crippen molar-refractivity contribution in [2.24, 2.45) is 10.8 Å². The van der Waals surface area contributed by atoms with E-state index in [9.17, 15) is 5.11 Å². The second-order valence-corrected chi connectivity index (χ2v) is 14.3. The molecular formula is C36H40O3S. The lowest BCUT2D eigenvalue weighted by Gasteiger charge is -2.51. The van der Waals surface area contributed by atoms with E-state index in [1.165, 1.54) is 33.6 Å². The first-order chi connectivity index (χ1) is 18.9. The smallest absolute Gasteiger partial charge is 0.130 e. The van der Waals surface area contributed by atoms with Crippen LogP contribution in [-0.4, -0.2) is 25.6 Å². The van der Waals surface area contributed by atoms with Gasteiger partial charge in [0.2, 0.25) is 0 Å². The van der Waals surface area contributed by atoms with Gasteiger partial charge in [0.25, 0.3) is 0 Å². The van der Waals surface area contributed by atoms with Crippen LogP contribution in [0.25, 0.3) is 33.0 Å². The third kappa shape index (κ3) is 4.10. The van der Waals surface area contributed by atoms with E-state index in [1.54, 1.807) is 26.0 Å². The standard InChI is InChI=1S/C36H40O3S/c1-21-13-28-27(16-26(21)24-11-9-22(38-6)14-32(24)39-7)31(37)17-30-33(28)25-12-10-23(40-8)15-29(25)36(30)19-34(2,3)18-35(4,5)20-36/h9-17,37H,18-20H2,1-8H3. The van der Waals surface area contributed by atoms with Gasteiger partial charge in [-0.25, -0.2) is 0 Å². The molecule has 0 aliphatic heterocycles. The highest BCUT2D eigenvalue weighted by Gasteiger charge is 2.53. The molecule has 0 aromatic heterocycles. The van der Waals surface area contributed by atoms with E-state index in [2.05, 4.69) is 77.3 Å². The van der Waals surface area contributed by atoms with Crippen LogP contribution in [0.4, 0.5) is 0 Å². The molecule has 40 heavy (non-hydrogen) atoms. The second kappa shape index (κ2) is 9.21. The molecule has 4 aromatic rings. The van der Waals surface area contributed by atoms with E-state index < -0.39 is 0 Å². The van der Waals surface area contributed by atoms with Crippen molar-refractivity contribution in [2.75, 3.05) is 20.5 Å².